The van der Waals surface area contributed by atoms with Gasteiger partial charge in [-0.05, 0) is 45.1 Å². The zero-order chi connectivity index (χ0) is 24.1. The van der Waals surface area contributed by atoms with Gasteiger partial charge >= 0.3 is 0 Å². The number of fused-ring (bicyclic) bond motifs is 1. The fourth-order valence-electron chi connectivity index (χ4n) is 4.05. The molecule has 0 aliphatic carbocycles. The van der Waals surface area contributed by atoms with E-state index in [2.05, 4.69) is 11.9 Å². The fourth-order valence-corrected chi connectivity index (χ4v) is 5.00. The molecule has 1 aromatic carbocycles. The second-order valence-corrected chi connectivity index (χ2v) is 9.83. The molecule has 1 unspecified atom stereocenters. The Bertz CT molecular complexity index is 1070. The topological polar surface area (TPSA) is 71.6 Å². The Labute approximate surface area is 205 Å². The lowest BCUT2D eigenvalue weighted by molar-refractivity contribution is 0.0761. The van der Waals surface area contributed by atoms with Crippen LogP contribution < -0.4 is 15.0 Å². The molecule has 1 aliphatic heterocycles. The van der Waals surface area contributed by atoms with E-state index in [0.717, 1.165) is 23.4 Å². The summed E-state index contributed by atoms with van der Waals surface area (Å²) in [7, 11) is 1.69. The molecule has 0 bridgehead atoms. The number of carbonyl (C=O) groups is 1. The molecule has 6 nitrogen and oxygen atoms in total. The Hall–Kier alpha value is -2.12. The molecule has 1 aromatic heterocycles. The Balaban J connectivity index is 1.82. The number of amides is 1. The van der Waals surface area contributed by atoms with Gasteiger partial charge in [-0.3, -0.25) is 9.59 Å². The third-order valence-electron chi connectivity index (χ3n) is 5.94. The minimum absolute atomic E-state index is 0.0533. The second-order valence-electron chi connectivity index (χ2n) is 8.58. The van der Waals surface area contributed by atoms with Crippen molar-refractivity contribution in [2.24, 2.45) is 0 Å². The summed E-state index contributed by atoms with van der Waals surface area (Å²) in [5.74, 6) is 0.819. The molecule has 1 aliphatic rings. The number of aromatic nitrogens is 1. The molecular formula is C25H33ClN2O4S. The second kappa shape index (κ2) is 11.3. The summed E-state index contributed by atoms with van der Waals surface area (Å²) < 4.78 is 12.2. The molecule has 1 N–H and O–H groups in total. The van der Waals surface area contributed by atoms with Crippen molar-refractivity contribution in [3.05, 3.63) is 49.9 Å². The van der Waals surface area contributed by atoms with Crippen molar-refractivity contribution >= 4 is 29.3 Å². The first kappa shape index (κ1) is 25.5. The van der Waals surface area contributed by atoms with Crippen LogP contribution in [-0.4, -0.2) is 41.8 Å². The molecule has 3 rings (SSSR count). The number of hydrogen-bond acceptors (Lipinski definition) is 5. The first-order valence-electron chi connectivity index (χ1n) is 11.4. The highest BCUT2D eigenvalue weighted by Gasteiger charge is 2.29. The number of carbonyl (C=O) groups excluding carboxylic acids is 1. The Morgan fingerprint density at radius 3 is 2.70 bits per heavy atom. The number of ether oxygens (including phenoxy) is 2. The summed E-state index contributed by atoms with van der Waals surface area (Å²) in [5.41, 5.74) is 2.33. The number of benzene rings is 1. The van der Waals surface area contributed by atoms with Gasteiger partial charge in [0.2, 0.25) is 0 Å². The van der Waals surface area contributed by atoms with E-state index in [-0.39, 0.29) is 24.1 Å². The van der Waals surface area contributed by atoms with Crippen LogP contribution in [0.5, 0.6) is 11.5 Å². The van der Waals surface area contributed by atoms with Crippen LogP contribution in [0.3, 0.4) is 0 Å². The van der Waals surface area contributed by atoms with Crippen molar-refractivity contribution in [3.8, 4) is 11.5 Å². The first-order valence-corrected chi connectivity index (χ1v) is 13.0. The maximum atomic E-state index is 13.4. The van der Waals surface area contributed by atoms with Gasteiger partial charge < -0.3 is 19.4 Å². The summed E-state index contributed by atoms with van der Waals surface area (Å²) >= 11 is 7.97. The standard InChI is InChI=1S/C25H33ClN2O4S/c1-6-7-8-9-10-17-14-31-23-20(26)12-18(16(3)22(23)32-17)25(30)28(4)13-19-21(33-5)11-15(2)27-24(19)29/h11-12,17H,6-10,13-14H2,1-5H3,(H,27,29). The maximum Gasteiger partial charge on any atom is 0.254 e. The van der Waals surface area contributed by atoms with Crippen molar-refractivity contribution in [2.45, 2.75) is 70.4 Å². The molecule has 8 heteroatoms. The van der Waals surface area contributed by atoms with Crippen molar-refractivity contribution in [3.63, 3.8) is 0 Å². The van der Waals surface area contributed by atoms with Crippen LogP contribution in [0.25, 0.3) is 0 Å². The molecular weight excluding hydrogens is 460 g/mol. The van der Waals surface area contributed by atoms with Gasteiger partial charge in [0.25, 0.3) is 11.5 Å². The van der Waals surface area contributed by atoms with Crippen LogP contribution in [-0.2, 0) is 6.54 Å². The van der Waals surface area contributed by atoms with E-state index in [1.165, 1.54) is 35.9 Å². The van der Waals surface area contributed by atoms with Crippen molar-refractivity contribution in [1.29, 1.82) is 0 Å². The predicted molar refractivity (Wildman–Crippen MR) is 134 cm³/mol. The minimum Gasteiger partial charge on any atom is -0.484 e. The van der Waals surface area contributed by atoms with Crippen LogP contribution in [0.15, 0.2) is 21.8 Å². The molecule has 0 saturated heterocycles. The van der Waals surface area contributed by atoms with Gasteiger partial charge in [-0.15, -0.1) is 11.8 Å². The smallest absolute Gasteiger partial charge is 0.254 e. The molecule has 0 spiro atoms. The molecule has 1 amide bonds. The largest absolute Gasteiger partial charge is 0.484 e. The van der Waals surface area contributed by atoms with E-state index in [1.807, 2.05) is 26.2 Å². The zero-order valence-electron chi connectivity index (χ0n) is 20.0. The van der Waals surface area contributed by atoms with E-state index < -0.39 is 0 Å². The number of aryl methyl sites for hydroxylation is 1. The summed E-state index contributed by atoms with van der Waals surface area (Å²) in [6.07, 6.45) is 7.41. The third kappa shape index (κ3) is 5.87. The maximum absolute atomic E-state index is 13.4. The molecule has 0 saturated carbocycles. The highest BCUT2D eigenvalue weighted by atomic mass is 35.5. The van der Waals surface area contributed by atoms with Crippen LogP contribution in [0.4, 0.5) is 0 Å². The zero-order valence-corrected chi connectivity index (χ0v) is 21.6. The van der Waals surface area contributed by atoms with Gasteiger partial charge in [0.05, 0.1) is 17.1 Å². The van der Waals surface area contributed by atoms with Crippen molar-refractivity contribution in [1.82, 2.24) is 9.88 Å². The summed E-state index contributed by atoms with van der Waals surface area (Å²) in [6.45, 7) is 6.53. The van der Waals surface area contributed by atoms with Gasteiger partial charge in [0, 0.05) is 28.8 Å². The lowest BCUT2D eigenvalue weighted by Gasteiger charge is -2.30. The number of nitrogens with one attached hydrogen (secondary N) is 1. The number of pyridine rings is 1. The van der Waals surface area contributed by atoms with E-state index in [1.54, 1.807) is 13.1 Å². The first-order chi connectivity index (χ1) is 15.8. The fraction of sp³-hybridized carbons (Fsp3) is 0.520. The van der Waals surface area contributed by atoms with Gasteiger partial charge in [-0.1, -0.05) is 37.8 Å². The number of nitrogens with zero attached hydrogens (tertiary/aromatic N) is 1. The number of hydrogen-bond donors (Lipinski definition) is 1. The summed E-state index contributed by atoms with van der Waals surface area (Å²) in [4.78, 5) is 31.1. The average molecular weight is 493 g/mol. The van der Waals surface area contributed by atoms with Crippen molar-refractivity contribution < 1.29 is 14.3 Å². The molecule has 180 valence electrons. The van der Waals surface area contributed by atoms with Crippen LogP contribution in [0, 0.1) is 13.8 Å². The normalized spacial score (nSPS) is 14.9. The average Bonchev–Trinajstić information content (AvgIpc) is 2.80. The predicted octanol–water partition coefficient (Wildman–Crippen LogP) is 5.75. The highest BCUT2D eigenvalue weighted by Crippen LogP contribution is 2.43. The number of halogens is 1. The van der Waals surface area contributed by atoms with Crippen molar-refractivity contribution in [2.75, 3.05) is 19.9 Å². The number of rotatable bonds is 9. The Kier molecular flexibility index (Phi) is 8.76. The van der Waals surface area contributed by atoms with E-state index in [9.17, 15) is 9.59 Å². The van der Waals surface area contributed by atoms with Gasteiger partial charge in [-0.25, -0.2) is 0 Å². The number of unbranched alkanes of at least 4 members (excludes halogenated alkanes) is 3. The lowest BCUT2D eigenvalue weighted by Crippen LogP contribution is -2.32. The van der Waals surface area contributed by atoms with E-state index in [4.69, 9.17) is 21.1 Å². The van der Waals surface area contributed by atoms with E-state index >= 15 is 0 Å². The Morgan fingerprint density at radius 2 is 2.00 bits per heavy atom. The molecule has 2 heterocycles. The van der Waals surface area contributed by atoms with E-state index in [0.29, 0.717) is 39.8 Å². The number of thioether (sulfide) groups is 1. The molecule has 33 heavy (non-hydrogen) atoms. The van der Waals surface area contributed by atoms with Crippen LogP contribution in [0.2, 0.25) is 5.02 Å². The summed E-state index contributed by atoms with van der Waals surface area (Å²) in [5, 5.41) is 0.356. The van der Waals surface area contributed by atoms with Gasteiger partial charge in [0.15, 0.2) is 11.5 Å². The SMILES string of the molecule is CCCCCCC1COc2c(Cl)cc(C(=O)N(C)Cc3c(SC)cc(C)[nH]c3=O)c(C)c2O1. The van der Waals surface area contributed by atoms with Gasteiger partial charge in [-0.2, -0.15) is 0 Å². The minimum atomic E-state index is -0.224. The third-order valence-corrected chi connectivity index (χ3v) is 7.02. The molecule has 1 atom stereocenters. The molecule has 0 fully saturated rings. The molecule has 2 aromatic rings. The quantitative estimate of drug-likeness (QED) is 0.356. The highest BCUT2D eigenvalue weighted by molar-refractivity contribution is 7.98. The monoisotopic (exact) mass is 492 g/mol. The Morgan fingerprint density at radius 1 is 1.24 bits per heavy atom. The van der Waals surface area contributed by atoms with Crippen LogP contribution in [0.1, 0.15) is 66.2 Å². The van der Waals surface area contributed by atoms with Gasteiger partial charge in [0.1, 0.15) is 12.7 Å². The number of aromatic amines is 1. The lowest BCUT2D eigenvalue weighted by atomic mass is 10.0. The summed E-state index contributed by atoms with van der Waals surface area (Å²) in [6, 6.07) is 3.56. The van der Waals surface area contributed by atoms with Crippen LogP contribution >= 0.6 is 23.4 Å². The number of H-pyrrole nitrogens is 1. The molecule has 0 radical (unpaired) electrons.